The molecule has 0 saturated carbocycles. The maximum Gasteiger partial charge on any atom is 0.410 e. The monoisotopic (exact) mass is 392 g/mol. The number of benzene rings is 1. The summed E-state index contributed by atoms with van der Waals surface area (Å²) in [6.07, 6.45) is 2.34. The molecule has 8 heteroatoms. The van der Waals surface area contributed by atoms with Gasteiger partial charge in [-0.3, -0.25) is 4.79 Å². The van der Waals surface area contributed by atoms with Crippen LogP contribution in [0.4, 0.5) is 4.79 Å². The van der Waals surface area contributed by atoms with Crippen LogP contribution in [0, 0.1) is 0 Å². The molecule has 2 aliphatic rings. The molecule has 1 aromatic carbocycles. The topological polar surface area (TPSA) is 84.0 Å². The highest BCUT2D eigenvalue weighted by molar-refractivity contribution is 7.95. The molecule has 0 aromatic heterocycles. The second kappa shape index (κ2) is 8.12. The number of piperidine rings is 1. The van der Waals surface area contributed by atoms with Gasteiger partial charge in [-0.15, -0.1) is 0 Å². The first-order valence-electron chi connectivity index (χ1n) is 9.05. The standard InChI is InChI=1S/C19H24N2O5S/c1-15-13-21(19(23)26-15)17-7-10-20(11-8-17)18(22)14-27(24,25)12-9-16-5-3-2-4-6-16/h2-6,9,12,15,17H,7-8,10-11,13-14H2,1H3. The third kappa shape index (κ3) is 5.09. The minimum absolute atomic E-state index is 0.0427. The van der Waals surface area contributed by atoms with E-state index in [4.69, 9.17) is 4.74 Å². The summed E-state index contributed by atoms with van der Waals surface area (Å²) in [7, 11) is -3.63. The van der Waals surface area contributed by atoms with Crippen molar-refractivity contribution in [3.63, 3.8) is 0 Å². The third-order valence-electron chi connectivity index (χ3n) is 4.84. The molecule has 3 rings (SSSR count). The Balaban J connectivity index is 1.52. The fraction of sp³-hybridized carbons (Fsp3) is 0.474. The van der Waals surface area contributed by atoms with Crippen molar-refractivity contribution in [2.75, 3.05) is 25.4 Å². The molecule has 1 atom stereocenters. The zero-order chi connectivity index (χ0) is 19.4. The van der Waals surface area contributed by atoms with Crippen LogP contribution >= 0.6 is 0 Å². The zero-order valence-electron chi connectivity index (χ0n) is 15.3. The van der Waals surface area contributed by atoms with Crippen molar-refractivity contribution in [1.82, 2.24) is 9.80 Å². The molecule has 1 aromatic rings. The van der Waals surface area contributed by atoms with Crippen LogP contribution in [0.5, 0.6) is 0 Å². The van der Waals surface area contributed by atoms with Crippen molar-refractivity contribution in [3.8, 4) is 0 Å². The number of ether oxygens (including phenoxy) is 1. The lowest BCUT2D eigenvalue weighted by atomic mass is 10.0. The van der Waals surface area contributed by atoms with Crippen molar-refractivity contribution in [1.29, 1.82) is 0 Å². The Bertz CT molecular complexity index is 814. The predicted octanol–water partition coefficient (Wildman–Crippen LogP) is 1.90. The van der Waals surface area contributed by atoms with Gasteiger partial charge in [0.1, 0.15) is 11.9 Å². The van der Waals surface area contributed by atoms with Gasteiger partial charge < -0.3 is 14.5 Å². The van der Waals surface area contributed by atoms with Crippen LogP contribution in [0.3, 0.4) is 0 Å². The second-order valence-electron chi connectivity index (χ2n) is 6.98. The Labute approximate surface area is 159 Å². The molecule has 0 radical (unpaired) electrons. The lowest BCUT2D eigenvalue weighted by Gasteiger charge is -2.35. The van der Waals surface area contributed by atoms with Crippen molar-refractivity contribution in [2.45, 2.75) is 31.9 Å². The molecule has 7 nitrogen and oxygen atoms in total. The second-order valence-corrected chi connectivity index (χ2v) is 8.87. The number of sulfone groups is 1. The summed E-state index contributed by atoms with van der Waals surface area (Å²) in [6, 6.07) is 9.12. The third-order valence-corrected chi connectivity index (χ3v) is 6.04. The first kappa shape index (κ1) is 19.4. The SMILES string of the molecule is CC1CN(C2CCN(C(=O)CS(=O)(=O)C=Cc3ccccc3)CC2)C(=O)O1. The summed E-state index contributed by atoms with van der Waals surface area (Å²) in [4.78, 5) is 27.5. The Morgan fingerprint density at radius 2 is 1.89 bits per heavy atom. The molecule has 0 bridgehead atoms. The normalized spacial score (nSPS) is 21.7. The highest BCUT2D eigenvalue weighted by Gasteiger charge is 2.36. The van der Waals surface area contributed by atoms with Crippen molar-refractivity contribution in [3.05, 3.63) is 41.3 Å². The van der Waals surface area contributed by atoms with Crippen LogP contribution in [0.25, 0.3) is 6.08 Å². The van der Waals surface area contributed by atoms with Gasteiger partial charge in [0.05, 0.1) is 6.54 Å². The summed E-state index contributed by atoms with van der Waals surface area (Å²) in [5.41, 5.74) is 0.765. The summed E-state index contributed by atoms with van der Waals surface area (Å²) >= 11 is 0. The molecule has 2 heterocycles. The van der Waals surface area contributed by atoms with Gasteiger partial charge in [-0.25, -0.2) is 13.2 Å². The largest absolute Gasteiger partial charge is 0.444 e. The molecule has 0 N–H and O–H groups in total. The first-order chi connectivity index (χ1) is 12.8. The number of carbonyl (C=O) groups is 2. The number of cyclic esters (lactones) is 1. The van der Waals surface area contributed by atoms with Gasteiger partial charge in [-0.2, -0.15) is 0 Å². The Morgan fingerprint density at radius 3 is 2.48 bits per heavy atom. The number of carbonyl (C=O) groups excluding carboxylic acids is 2. The summed E-state index contributed by atoms with van der Waals surface area (Å²) in [5.74, 6) is -0.937. The fourth-order valence-corrected chi connectivity index (χ4v) is 4.40. The molecule has 1 unspecified atom stereocenters. The number of amides is 2. The molecule has 2 amide bonds. The van der Waals surface area contributed by atoms with Gasteiger partial charge in [-0.1, -0.05) is 30.3 Å². The van der Waals surface area contributed by atoms with E-state index in [-0.39, 0.29) is 18.2 Å². The van der Waals surface area contributed by atoms with E-state index in [2.05, 4.69) is 0 Å². The van der Waals surface area contributed by atoms with E-state index in [1.165, 1.54) is 6.08 Å². The predicted molar refractivity (Wildman–Crippen MR) is 102 cm³/mol. The van der Waals surface area contributed by atoms with Crippen LogP contribution < -0.4 is 0 Å². The number of rotatable bonds is 5. The number of likely N-dealkylation sites (tertiary alicyclic amines) is 1. The Kier molecular flexibility index (Phi) is 5.84. The van der Waals surface area contributed by atoms with Crippen LogP contribution in [0.15, 0.2) is 35.7 Å². The molecule has 2 fully saturated rings. The van der Waals surface area contributed by atoms with Gasteiger partial charge in [0.25, 0.3) is 0 Å². The minimum Gasteiger partial charge on any atom is -0.444 e. The smallest absolute Gasteiger partial charge is 0.410 e. The number of nitrogens with zero attached hydrogens (tertiary/aromatic N) is 2. The van der Waals surface area contributed by atoms with Crippen LogP contribution in [-0.4, -0.2) is 67.8 Å². The quantitative estimate of drug-likeness (QED) is 0.764. The molecule has 146 valence electrons. The van der Waals surface area contributed by atoms with Gasteiger partial charge in [-0.05, 0) is 31.4 Å². The van der Waals surface area contributed by atoms with E-state index in [1.54, 1.807) is 21.9 Å². The van der Waals surface area contributed by atoms with Gasteiger partial charge >= 0.3 is 6.09 Å². The maximum atomic E-state index is 12.4. The number of hydrogen-bond acceptors (Lipinski definition) is 5. The van der Waals surface area contributed by atoms with Gasteiger partial charge in [0.15, 0.2) is 9.84 Å². The average Bonchev–Trinajstić information content (AvgIpc) is 2.99. The van der Waals surface area contributed by atoms with E-state index in [0.717, 1.165) is 11.0 Å². The summed E-state index contributed by atoms with van der Waals surface area (Å²) < 4.78 is 29.6. The Morgan fingerprint density at radius 1 is 1.22 bits per heavy atom. The lowest BCUT2D eigenvalue weighted by Crippen LogP contribution is -2.48. The summed E-state index contributed by atoms with van der Waals surface area (Å²) in [6.45, 7) is 3.31. The first-order valence-corrected chi connectivity index (χ1v) is 10.8. The molecule has 2 saturated heterocycles. The molecule has 2 aliphatic heterocycles. The minimum atomic E-state index is -3.63. The van der Waals surface area contributed by atoms with Gasteiger partial charge in [0.2, 0.25) is 5.91 Å². The van der Waals surface area contributed by atoms with E-state index >= 15 is 0 Å². The fourth-order valence-electron chi connectivity index (χ4n) is 3.41. The number of hydrogen-bond donors (Lipinski definition) is 0. The van der Waals surface area contributed by atoms with Crippen molar-refractivity contribution >= 4 is 27.9 Å². The van der Waals surface area contributed by atoms with Crippen LogP contribution in [-0.2, 0) is 19.4 Å². The Hall–Kier alpha value is -2.35. The van der Waals surface area contributed by atoms with Gasteiger partial charge in [0, 0.05) is 24.5 Å². The highest BCUT2D eigenvalue weighted by Crippen LogP contribution is 2.22. The van der Waals surface area contributed by atoms with E-state index in [9.17, 15) is 18.0 Å². The highest BCUT2D eigenvalue weighted by atomic mass is 32.2. The van der Waals surface area contributed by atoms with E-state index < -0.39 is 21.5 Å². The van der Waals surface area contributed by atoms with E-state index in [0.29, 0.717) is 32.5 Å². The molecule has 0 aliphatic carbocycles. The maximum absolute atomic E-state index is 12.4. The lowest BCUT2D eigenvalue weighted by molar-refractivity contribution is -0.129. The molecular formula is C19H24N2O5S. The molecular weight excluding hydrogens is 368 g/mol. The zero-order valence-corrected chi connectivity index (χ0v) is 16.1. The van der Waals surface area contributed by atoms with Crippen LogP contribution in [0.1, 0.15) is 25.3 Å². The summed E-state index contributed by atoms with van der Waals surface area (Å²) in [5, 5.41) is 1.09. The van der Waals surface area contributed by atoms with Crippen molar-refractivity contribution < 1.29 is 22.7 Å². The molecule has 0 spiro atoms. The molecule has 27 heavy (non-hydrogen) atoms. The average molecular weight is 392 g/mol. The van der Waals surface area contributed by atoms with Crippen molar-refractivity contribution in [2.24, 2.45) is 0 Å². The van der Waals surface area contributed by atoms with Crippen LogP contribution in [0.2, 0.25) is 0 Å². The van der Waals surface area contributed by atoms with E-state index in [1.807, 2.05) is 25.1 Å².